The molecule has 2 bridgehead atoms. The number of nitrogens with zero attached hydrogens (tertiary/aromatic N) is 4. The minimum absolute atomic E-state index is 0.325. The number of imidazole rings is 1. The first-order chi connectivity index (χ1) is 13.2. The number of hydrogen-bond acceptors (Lipinski definition) is 3. The summed E-state index contributed by atoms with van der Waals surface area (Å²) >= 11 is 0. The van der Waals surface area contributed by atoms with Crippen molar-refractivity contribution in [3.05, 3.63) is 54.1 Å². The number of fused-ring (bicyclic) bond motifs is 4. The van der Waals surface area contributed by atoms with Gasteiger partial charge >= 0.3 is 0 Å². The van der Waals surface area contributed by atoms with Gasteiger partial charge in [0, 0.05) is 57.6 Å². The van der Waals surface area contributed by atoms with Gasteiger partial charge in [0.15, 0.2) is 0 Å². The fourth-order valence-corrected chi connectivity index (χ4v) is 4.59. The molecule has 144 valence electrons. The van der Waals surface area contributed by atoms with Gasteiger partial charge in [-0.1, -0.05) is 30.3 Å². The largest absolute Gasteiger partial charge is 0.341 e. The molecule has 3 saturated heterocycles. The molecule has 1 aromatic carbocycles. The molecule has 4 heterocycles. The predicted octanol–water partition coefficient (Wildman–Crippen LogP) is 3.09. The predicted molar refractivity (Wildman–Crippen MR) is 106 cm³/mol. The molecule has 3 aliphatic rings. The second-order valence-electron chi connectivity index (χ2n) is 8.08. The maximum Gasteiger partial charge on any atom is 0.222 e. The molecule has 5 heteroatoms. The normalized spacial score (nSPS) is 22.8. The SMILES string of the molecule is Cc1nccn1CCCC(=O)N1C[C@H]2CC[C@@H](C1)N(Cc1ccccc1)C2. The number of benzene rings is 1. The van der Waals surface area contributed by atoms with Crippen LogP contribution < -0.4 is 0 Å². The van der Waals surface area contributed by atoms with E-state index in [1.54, 1.807) is 0 Å². The third kappa shape index (κ3) is 4.41. The van der Waals surface area contributed by atoms with E-state index in [0.29, 0.717) is 24.3 Å². The summed E-state index contributed by atoms with van der Waals surface area (Å²) in [5, 5.41) is 0. The minimum atomic E-state index is 0.325. The summed E-state index contributed by atoms with van der Waals surface area (Å²) in [6.45, 7) is 6.84. The van der Waals surface area contributed by atoms with Crippen LogP contribution >= 0.6 is 0 Å². The molecule has 0 aliphatic carbocycles. The Kier molecular flexibility index (Phi) is 5.58. The van der Waals surface area contributed by atoms with Gasteiger partial charge in [-0.05, 0) is 37.7 Å². The Hall–Kier alpha value is -2.14. The van der Waals surface area contributed by atoms with Crippen molar-refractivity contribution in [2.24, 2.45) is 5.92 Å². The third-order valence-electron chi connectivity index (χ3n) is 6.12. The molecule has 0 spiro atoms. The van der Waals surface area contributed by atoms with Crippen molar-refractivity contribution < 1.29 is 4.79 Å². The Balaban J connectivity index is 1.32. The number of hydrogen-bond donors (Lipinski definition) is 0. The van der Waals surface area contributed by atoms with E-state index in [0.717, 1.165) is 45.0 Å². The Labute approximate surface area is 162 Å². The lowest BCUT2D eigenvalue weighted by molar-refractivity contribution is -0.131. The average Bonchev–Trinajstić information content (AvgIpc) is 2.89. The highest BCUT2D eigenvalue weighted by atomic mass is 16.2. The number of rotatable bonds is 6. The van der Waals surface area contributed by atoms with Crippen molar-refractivity contribution in [3.63, 3.8) is 0 Å². The molecule has 2 atom stereocenters. The lowest BCUT2D eigenvalue weighted by Crippen LogP contribution is -2.43. The van der Waals surface area contributed by atoms with Crippen molar-refractivity contribution in [2.75, 3.05) is 19.6 Å². The molecule has 1 amide bonds. The fourth-order valence-electron chi connectivity index (χ4n) is 4.59. The van der Waals surface area contributed by atoms with Gasteiger partial charge in [0.1, 0.15) is 5.82 Å². The van der Waals surface area contributed by atoms with Gasteiger partial charge in [-0.3, -0.25) is 9.69 Å². The fraction of sp³-hybridized carbons (Fsp3) is 0.545. The summed E-state index contributed by atoms with van der Waals surface area (Å²) in [5.74, 6) is 1.96. The average molecular weight is 367 g/mol. The van der Waals surface area contributed by atoms with E-state index in [1.165, 1.54) is 18.4 Å². The van der Waals surface area contributed by atoms with E-state index < -0.39 is 0 Å². The lowest BCUT2D eigenvalue weighted by Gasteiger charge is -2.36. The number of piperidine rings is 1. The first-order valence-electron chi connectivity index (χ1n) is 10.2. The first-order valence-corrected chi connectivity index (χ1v) is 10.2. The molecule has 0 radical (unpaired) electrons. The zero-order chi connectivity index (χ0) is 18.6. The Morgan fingerprint density at radius 3 is 2.78 bits per heavy atom. The maximum atomic E-state index is 12.8. The van der Waals surface area contributed by atoms with Crippen LogP contribution in [0.25, 0.3) is 0 Å². The molecular weight excluding hydrogens is 336 g/mol. The van der Waals surface area contributed by atoms with Crippen molar-refractivity contribution in [2.45, 2.75) is 51.7 Å². The second-order valence-corrected chi connectivity index (χ2v) is 8.08. The highest BCUT2D eigenvalue weighted by Gasteiger charge is 2.36. The van der Waals surface area contributed by atoms with Crippen LogP contribution in [0.3, 0.4) is 0 Å². The molecule has 27 heavy (non-hydrogen) atoms. The molecule has 3 fully saturated rings. The van der Waals surface area contributed by atoms with Gasteiger partial charge < -0.3 is 9.47 Å². The summed E-state index contributed by atoms with van der Waals surface area (Å²) < 4.78 is 2.13. The number of aromatic nitrogens is 2. The first kappa shape index (κ1) is 18.2. The Morgan fingerprint density at radius 2 is 2.00 bits per heavy atom. The van der Waals surface area contributed by atoms with Gasteiger partial charge in [-0.2, -0.15) is 0 Å². The van der Waals surface area contributed by atoms with Crippen LogP contribution in [-0.4, -0.2) is 50.9 Å². The summed E-state index contributed by atoms with van der Waals surface area (Å²) in [7, 11) is 0. The van der Waals surface area contributed by atoms with Crippen LogP contribution in [0.1, 0.15) is 37.1 Å². The monoisotopic (exact) mass is 366 g/mol. The van der Waals surface area contributed by atoms with Gasteiger partial charge in [0.2, 0.25) is 5.91 Å². The van der Waals surface area contributed by atoms with E-state index in [4.69, 9.17) is 0 Å². The molecule has 5 rings (SSSR count). The molecule has 1 aromatic heterocycles. The maximum absolute atomic E-state index is 12.8. The molecule has 0 N–H and O–H groups in total. The van der Waals surface area contributed by atoms with E-state index in [9.17, 15) is 4.79 Å². The lowest BCUT2D eigenvalue weighted by atomic mass is 9.94. The van der Waals surface area contributed by atoms with Gasteiger partial charge in [0.05, 0.1) is 0 Å². The van der Waals surface area contributed by atoms with Crippen LogP contribution in [0, 0.1) is 12.8 Å². The highest BCUT2D eigenvalue weighted by molar-refractivity contribution is 5.76. The van der Waals surface area contributed by atoms with Crippen LogP contribution in [0.5, 0.6) is 0 Å². The summed E-state index contributed by atoms with van der Waals surface area (Å²) in [4.78, 5) is 21.8. The van der Waals surface area contributed by atoms with Crippen LogP contribution in [0.15, 0.2) is 42.7 Å². The molecular formula is C22H30N4O. The smallest absolute Gasteiger partial charge is 0.222 e. The van der Waals surface area contributed by atoms with E-state index in [-0.39, 0.29) is 0 Å². The number of aryl methyl sites for hydroxylation is 2. The highest BCUT2D eigenvalue weighted by Crippen LogP contribution is 2.29. The molecule has 0 saturated carbocycles. The summed E-state index contributed by atoms with van der Waals surface area (Å²) in [6, 6.07) is 11.2. The standard InChI is InChI=1S/C22H30N4O/c1-18-23-11-13-24(18)12-5-8-22(27)26-16-20-9-10-21(17-26)25(15-20)14-19-6-3-2-4-7-19/h2-4,6-7,11,13,20-21H,5,8-10,12,14-17H2,1H3/t20-,21-/m0/s1. The Morgan fingerprint density at radius 1 is 1.15 bits per heavy atom. The Bertz CT molecular complexity index is 757. The molecule has 3 aliphatic heterocycles. The van der Waals surface area contributed by atoms with Crippen LogP contribution in [0.2, 0.25) is 0 Å². The van der Waals surface area contributed by atoms with E-state index in [1.807, 2.05) is 19.3 Å². The van der Waals surface area contributed by atoms with Crippen molar-refractivity contribution in [3.8, 4) is 0 Å². The summed E-state index contributed by atoms with van der Waals surface area (Å²) in [6.07, 6.45) is 7.81. The second kappa shape index (κ2) is 8.26. The summed E-state index contributed by atoms with van der Waals surface area (Å²) in [5.41, 5.74) is 1.37. The van der Waals surface area contributed by atoms with Crippen LogP contribution in [0.4, 0.5) is 0 Å². The van der Waals surface area contributed by atoms with Gasteiger partial charge in [-0.25, -0.2) is 4.98 Å². The van der Waals surface area contributed by atoms with Crippen molar-refractivity contribution in [1.29, 1.82) is 0 Å². The van der Waals surface area contributed by atoms with Crippen LogP contribution in [-0.2, 0) is 17.9 Å². The zero-order valence-corrected chi connectivity index (χ0v) is 16.3. The van der Waals surface area contributed by atoms with Crippen molar-refractivity contribution >= 4 is 5.91 Å². The van der Waals surface area contributed by atoms with E-state index >= 15 is 0 Å². The van der Waals surface area contributed by atoms with Gasteiger partial charge in [0.25, 0.3) is 0 Å². The van der Waals surface area contributed by atoms with E-state index in [2.05, 4.69) is 49.7 Å². The molecule has 0 unspecified atom stereocenters. The minimum Gasteiger partial charge on any atom is -0.341 e. The topological polar surface area (TPSA) is 41.4 Å². The third-order valence-corrected chi connectivity index (χ3v) is 6.12. The molecule has 5 nitrogen and oxygen atoms in total. The number of carbonyl (C=O) groups is 1. The van der Waals surface area contributed by atoms with Crippen molar-refractivity contribution in [1.82, 2.24) is 19.4 Å². The number of amides is 1. The molecule has 2 aromatic rings. The number of carbonyl (C=O) groups excluding carboxylic acids is 1. The quantitative estimate of drug-likeness (QED) is 0.789. The zero-order valence-electron chi connectivity index (χ0n) is 16.3. The van der Waals surface area contributed by atoms with Gasteiger partial charge in [-0.15, -0.1) is 0 Å².